The number of hydrogen-bond donors (Lipinski definition) is 1. The van der Waals surface area contributed by atoms with E-state index >= 15 is 0 Å². The van der Waals surface area contributed by atoms with Crippen LogP contribution in [0.25, 0.3) is 11.1 Å². The largest absolute Gasteiger partial charge is 0.497 e. The molecule has 2 aromatic carbocycles. The van der Waals surface area contributed by atoms with Crippen LogP contribution in [-0.2, 0) is 6.54 Å². The quantitative estimate of drug-likeness (QED) is 0.390. The van der Waals surface area contributed by atoms with Gasteiger partial charge in [-0.3, -0.25) is 0 Å². The zero-order valence-electron chi connectivity index (χ0n) is 18.3. The van der Waals surface area contributed by atoms with Crippen molar-refractivity contribution >= 4 is 23.2 Å². The molecule has 0 spiro atoms. The Morgan fingerprint density at radius 1 is 1.00 bits per heavy atom. The van der Waals surface area contributed by atoms with Crippen molar-refractivity contribution in [2.75, 3.05) is 19.5 Å². The predicted molar refractivity (Wildman–Crippen MR) is 123 cm³/mol. The van der Waals surface area contributed by atoms with Gasteiger partial charge in [-0.1, -0.05) is 17.7 Å². The molecule has 4 aromatic rings. The summed E-state index contributed by atoms with van der Waals surface area (Å²) in [6, 6.07) is 11.0. The maximum absolute atomic E-state index is 6.34. The van der Waals surface area contributed by atoms with Gasteiger partial charge in [0.05, 0.1) is 31.5 Å². The van der Waals surface area contributed by atoms with E-state index in [4.69, 9.17) is 25.8 Å². The van der Waals surface area contributed by atoms with Gasteiger partial charge in [0.25, 0.3) is 0 Å². The third-order valence-corrected chi connectivity index (χ3v) is 5.05. The van der Waals surface area contributed by atoms with E-state index in [2.05, 4.69) is 30.8 Å². The molecule has 2 heterocycles. The second-order valence-electron chi connectivity index (χ2n) is 7.09. The average Bonchev–Trinajstić information content (AvgIpc) is 3.34. The van der Waals surface area contributed by atoms with Gasteiger partial charge in [-0.15, -0.1) is 5.10 Å². The van der Waals surface area contributed by atoms with Gasteiger partial charge in [0.15, 0.2) is 0 Å². The first-order valence-electron chi connectivity index (χ1n) is 10.0. The second-order valence-corrected chi connectivity index (χ2v) is 7.50. The Bertz CT molecular complexity index is 1200. The van der Waals surface area contributed by atoms with Gasteiger partial charge < -0.3 is 19.5 Å². The molecule has 2 aromatic heterocycles. The Balaban J connectivity index is 1.49. The summed E-state index contributed by atoms with van der Waals surface area (Å²) in [7, 11) is 3.20. The van der Waals surface area contributed by atoms with Gasteiger partial charge >= 0.3 is 0 Å². The number of methoxy groups -OCH3 is 2. The highest BCUT2D eigenvalue weighted by Crippen LogP contribution is 2.33. The number of anilines is 2. The minimum atomic E-state index is -0.193. The van der Waals surface area contributed by atoms with Crippen LogP contribution in [0.4, 0.5) is 11.6 Å². The molecule has 11 heteroatoms. The molecule has 0 fully saturated rings. The summed E-state index contributed by atoms with van der Waals surface area (Å²) in [5.74, 6) is 2.32. The molecule has 0 aliphatic rings. The van der Waals surface area contributed by atoms with E-state index in [-0.39, 0.29) is 6.10 Å². The number of halogens is 1. The Morgan fingerprint density at radius 2 is 1.82 bits per heavy atom. The number of nitrogens with one attached hydrogen (secondary N) is 1. The van der Waals surface area contributed by atoms with Crippen LogP contribution in [0, 0.1) is 0 Å². The number of ether oxygens (including phenoxy) is 3. The van der Waals surface area contributed by atoms with Gasteiger partial charge in [0.1, 0.15) is 29.7 Å². The first-order chi connectivity index (χ1) is 16.1. The van der Waals surface area contributed by atoms with Gasteiger partial charge in [-0.2, -0.15) is 0 Å². The highest BCUT2D eigenvalue weighted by molar-refractivity contribution is 6.32. The molecule has 0 saturated carbocycles. The number of tetrazole rings is 1. The topological polar surface area (TPSA) is 109 Å². The number of nitrogens with zero attached hydrogens (tertiary/aromatic N) is 6. The average molecular weight is 468 g/mol. The monoisotopic (exact) mass is 467 g/mol. The smallest absolute Gasteiger partial charge is 0.227 e. The maximum Gasteiger partial charge on any atom is 0.227 e. The van der Waals surface area contributed by atoms with Crippen molar-refractivity contribution in [1.29, 1.82) is 0 Å². The molecule has 33 heavy (non-hydrogen) atoms. The maximum atomic E-state index is 6.34. The van der Waals surface area contributed by atoms with Crippen molar-refractivity contribution in [3.8, 4) is 28.4 Å². The molecule has 170 valence electrons. The van der Waals surface area contributed by atoms with Gasteiger partial charge in [-0.25, -0.2) is 14.6 Å². The van der Waals surface area contributed by atoms with Crippen LogP contribution in [0.15, 0.2) is 55.1 Å². The molecular weight excluding hydrogens is 446 g/mol. The Labute approximate surface area is 195 Å². The molecule has 10 nitrogen and oxygen atoms in total. The van der Waals surface area contributed by atoms with E-state index in [0.717, 1.165) is 11.1 Å². The van der Waals surface area contributed by atoms with Crippen molar-refractivity contribution in [1.82, 2.24) is 30.2 Å². The van der Waals surface area contributed by atoms with Crippen LogP contribution in [0.3, 0.4) is 0 Å². The zero-order chi connectivity index (χ0) is 23.2. The SMILES string of the molecule is COc1ccc(OC)c(Nc2ncc(-c3ccc(Cl)c(OC(C)Cn4cnnn4)c3)cn2)c1. The van der Waals surface area contributed by atoms with Gasteiger partial charge in [-0.05, 0) is 47.2 Å². The van der Waals surface area contributed by atoms with Crippen LogP contribution < -0.4 is 19.5 Å². The fourth-order valence-electron chi connectivity index (χ4n) is 3.13. The third-order valence-electron chi connectivity index (χ3n) is 4.73. The fraction of sp³-hybridized carbons (Fsp3) is 0.227. The molecule has 1 unspecified atom stereocenters. The van der Waals surface area contributed by atoms with Crippen molar-refractivity contribution in [2.45, 2.75) is 19.6 Å². The molecule has 1 atom stereocenters. The van der Waals surface area contributed by atoms with Crippen molar-refractivity contribution in [3.05, 3.63) is 60.1 Å². The Hall–Kier alpha value is -3.92. The highest BCUT2D eigenvalue weighted by Gasteiger charge is 2.12. The van der Waals surface area contributed by atoms with E-state index in [1.165, 1.54) is 6.33 Å². The molecule has 0 aliphatic carbocycles. The van der Waals surface area contributed by atoms with Crippen molar-refractivity contribution < 1.29 is 14.2 Å². The standard InChI is InChI=1S/C22H22ClN7O3/c1-14(12-30-13-26-28-29-30)33-21-8-15(4-6-18(21)23)16-10-24-22(25-11-16)27-19-9-17(31-2)5-7-20(19)32-3/h4-11,13-14H,12H2,1-3H3,(H,24,25,27). The minimum Gasteiger partial charge on any atom is -0.497 e. The summed E-state index contributed by atoms with van der Waals surface area (Å²) in [6.07, 6.45) is 4.78. The summed E-state index contributed by atoms with van der Waals surface area (Å²) < 4.78 is 18.3. The Morgan fingerprint density at radius 3 is 2.52 bits per heavy atom. The van der Waals surface area contributed by atoms with Crippen LogP contribution in [-0.4, -0.2) is 50.5 Å². The van der Waals surface area contributed by atoms with Crippen molar-refractivity contribution in [3.63, 3.8) is 0 Å². The lowest BCUT2D eigenvalue weighted by molar-refractivity contribution is 0.193. The number of hydrogen-bond acceptors (Lipinski definition) is 9. The lowest BCUT2D eigenvalue weighted by Gasteiger charge is -2.16. The molecule has 4 rings (SSSR count). The summed E-state index contributed by atoms with van der Waals surface area (Å²) in [4.78, 5) is 8.85. The molecular formula is C22H22ClN7O3. The molecule has 0 radical (unpaired) electrons. The van der Waals surface area contributed by atoms with Gasteiger partial charge in [0, 0.05) is 24.0 Å². The second kappa shape index (κ2) is 10.1. The van der Waals surface area contributed by atoms with Crippen LogP contribution in [0.2, 0.25) is 5.02 Å². The molecule has 0 bridgehead atoms. The minimum absolute atomic E-state index is 0.193. The van der Waals surface area contributed by atoms with E-state index in [9.17, 15) is 0 Å². The van der Waals surface area contributed by atoms with E-state index < -0.39 is 0 Å². The van der Waals surface area contributed by atoms with E-state index in [1.54, 1.807) is 37.4 Å². The normalized spacial score (nSPS) is 11.6. The Kier molecular flexibility index (Phi) is 6.84. The predicted octanol–water partition coefficient (Wildman–Crippen LogP) is 4.01. The number of rotatable bonds is 9. The lowest BCUT2D eigenvalue weighted by Crippen LogP contribution is -2.20. The summed E-state index contributed by atoms with van der Waals surface area (Å²) in [6.45, 7) is 2.41. The first-order valence-corrected chi connectivity index (χ1v) is 10.4. The van der Waals surface area contributed by atoms with Crippen LogP contribution >= 0.6 is 11.6 Å². The van der Waals surface area contributed by atoms with E-state index in [0.29, 0.717) is 40.5 Å². The van der Waals surface area contributed by atoms with Crippen molar-refractivity contribution in [2.24, 2.45) is 0 Å². The lowest BCUT2D eigenvalue weighted by atomic mass is 10.1. The number of benzene rings is 2. The fourth-order valence-corrected chi connectivity index (χ4v) is 3.29. The van der Waals surface area contributed by atoms with Crippen LogP contribution in [0.5, 0.6) is 17.2 Å². The molecule has 1 N–H and O–H groups in total. The molecule has 0 aliphatic heterocycles. The van der Waals surface area contributed by atoms with E-state index in [1.807, 2.05) is 37.3 Å². The summed E-state index contributed by atoms with van der Waals surface area (Å²) in [5, 5.41) is 14.8. The third kappa shape index (κ3) is 5.47. The highest BCUT2D eigenvalue weighted by atomic mass is 35.5. The molecule has 0 saturated heterocycles. The molecule has 0 amide bonds. The van der Waals surface area contributed by atoms with Crippen LogP contribution in [0.1, 0.15) is 6.92 Å². The summed E-state index contributed by atoms with van der Waals surface area (Å²) >= 11 is 6.34. The number of aromatic nitrogens is 6. The van der Waals surface area contributed by atoms with Gasteiger partial charge in [0.2, 0.25) is 5.95 Å². The zero-order valence-corrected chi connectivity index (χ0v) is 19.0. The first kappa shape index (κ1) is 22.3. The summed E-state index contributed by atoms with van der Waals surface area (Å²) in [5.41, 5.74) is 2.38.